The van der Waals surface area contributed by atoms with E-state index in [4.69, 9.17) is 0 Å². The average Bonchev–Trinajstić information content (AvgIpc) is 2.73. The van der Waals surface area contributed by atoms with Crippen LogP contribution in [0.1, 0.15) is 10.6 Å². The fourth-order valence-corrected chi connectivity index (χ4v) is 3.98. The minimum atomic E-state index is 0.306. The molecule has 1 aromatic heterocycles. The number of thiazole rings is 1. The second-order valence-corrected chi connectivity index (χ2v) is 5.93. The van der Waals surface area contributed by atoms with Gasteiger partial charge in [-0.25, -0.2) is 4.98 Å². The third-order valence-corrected chi connectivity index (χ3v) is 4.92. The lowest BCUT2D eigenvalue weighted by molar-refractivity contribution is 0.475. The molecular formula is C12H11NOS2. The molecule has 1 aliphatic rings. The van der Waals surface area contributed by atoms with Gasteiger partial charge in [-0.05, 0) is 36.4 Å². The number of aromatic nitrogens is 1. The molecule has 0 unspecified atom stereocenters. The molecule has 2 heterocycles. The zero-order valence-electron chi connectivity index (χ0n) is 8.64. The molecule has 1 N–H and O–H groups in total. The van der Waals surface area contributed by atoms with Crippen molar-refractivity contribution in [1.82, 2.24) is 4.98 Å². The van der Waals surface area contributed by atoms with E-state index >= 15 is 0 Å². The Balaban J connectivity index is 2.00. The summed E-state index contributed by atoms with van der Waals surface area (Å²) < 4.78 is 0. The number of thioether (sulfide) groups is 1. The molecule has 0 spiro atoms. The third-order valence-electron chi connectivity index (χ3n) is 2.61. The fourth-order valence-electron chi connectivity index (χ4n) is 1.75. The Morgan fingerprint density at radius 1 is 1.19 bits per heavy atom. The van der Waals surface area contributed by atoms with Gasteiger partial charge in [-0.15, -0.1) is 11.3 Å². The fraction of sp³-hybridized carbons (Fsp3) is 0.250. The van der Waals surface area contributed by atoms with Crippen LogP contribution in [-0.4, -0.2) is 15.8 Å². The monoisotopic (exact) mass is 249 g/mol. The molecule has 0 saturated heterocycles. The van der Waals surface area contributed by atoms with Crippen molar-refractivity contribution in [2.24, 2.45) is 0 Å². The first-order valence-corrected chi connectivity index (χ1v) is 7.16. The van der Waals surface area contributed by atoms with E-state index in [1.807, 2.05) is 23.9 Å². The van der Waals surface area contributed by atoms with Gasteiger partial charge in [0.1, 0.15) is 10.8 Å². The van der Waals surface area contributed by atoms with Gasteiger partial charge < -0.3 is 5.11 Å². The quantitative estimate of drug-likeness (QED) is 0.841. The van der Waals surface area contributed by atoms with Crippen LogP contribution in [0.4, 0.5) is 0 Å². The average molecular weight is 249 g/mol. The van der Waals surface area contributed by atoms with E-state index in [9.17, 15) is 5.11 Å². The minimum Gasteiger partial charge on any atom is -0.508 e. The van der Waals surface area contributed by atoms with Gasteiger partial charge >= 0.3 is 0 Å². The van der Waals surface area contributed by atoms with Crippen molar-refractivity contribution in [3.63, 3.8) is 0 Å². The topological polar surface area (TPSA) is 33.1 Å². The van der Waals surface area contributed by atoms with Crippen molar-refractivity contribution in [3.05, 3.63) is 34.8 Å². The van der Waals surface area contributed by atoms with Crippen LogP contribution in [0.5, 0.6) is 5.75 Å². The van der Waals surface area contributed by atoms with Gasteiger partial charge in [-0.2, -0.15) is 11.8 Å². The number of hydrogen-bond acceptors (Lipinski definition) is 4. The third kappa shape index (κ3) is 1.83. The summed E-state index contributed by atoms with van der Waals surface area (Å²) in [7, 11) is 0. The smallest absolute Gasteiger partial charge is 0.123 e. The summed E-state index contributed by atoms with van der Waals surface area (Å²) in [4.78, 5) is 6.09. The van der Waals surface area contributed by atoms with E-state index in [-0.39, 0.29) is 0 Å². The number of hydrogen-bond donors (Lipinski definition) is 1. The maximum Gasteiger partial charge on any atom is 0.123 e. The molecule has 2 aromatic rings. The molecule has 0 saturated carbocycles. The second-order valence-electron chi connectivity index (χ2n) is 3.74. The minimum absolute atomic E-state index is 0.306. The van der Waals surface area contributed by atoms with Gasteiger partial charge in [0.15, 0.2) is 0 Å². The first-order chi connectivity index (χ1) is 7.83. The van der Waals surface area contributed by atoms with Gasteiger partial charge in [0.25, 0.3) is 0 Å². The highest BCUT2D eigenvalue weighted by atomic mass is 32.2. The SMILES string of the molecule is Oc1ccc(-c2nc3c(s2)CSCC3)cc1. The lowest BCUT2D eigenvalue weighted by Gasteiger charge is -2.06. The number of aryl methyl sites for hydroxylation is 1. The highest BCUT2D eigenvalue weighted by Gasteiger charge is 2.15. The lowest BCUT2D eigenvalue weighted by Crippen LogP contribution is -1.99. The molecule has 0 amide bonds. The molecule has 16 heavy (non-hydrogen) atoms. The van der Waals surface area contributed by atoms with Gasteiger partial charge in [0, 0.05) is 16.2 Å². The molecule has 0 fully saturated rings. The van der Waals surface area contributed by atoms with Crippen LogP contribution in [0.15, 0.2) is 24.3 Å². The summed E-state index contributed by atoms with van der Waals surface area (Å²) in [5, 5.41) is 10.3. The maximum absolute atomic E-state index is 9.25. The Labute approximate surface area is 102 Å². The molecule has 0 aliphatic carbocycles. The number of nitrogens with zero attached hydrogens (tertiary/aromatic N) is 1. The van der Waals surface area contributed by atoms with Crippen molar-refractivity contribution in [3.8, 4) is 16.3 Å². The van der Waals surface area contributed by atoms with Crippen molar-refractivity contribution in [1.29, 1.82) is 0 Å². The van der Waals surface area contributed by atoms with Crippen molar-refractivity contribution >= 4 is 23.1 Å². The first kappa shape index (κ1) is 10.2. The second kappa shape index (κ2) is 4.11. The summed E-state index contributed by atoms with van der Waals surface area (Å²) in [5.41, 5.74) is 2.37. The van der Waals surface area contributed by atoms with Crippen LogP contribution in [0.3, 0.4) is 0 Å². The van der Waals surface area contributed by atoms with E-state index in [1.54, 1.807) is 23.5 Å². The largest absolute Gasteiger partial charge is 0.508 e. The highest BCUT2D eigenvalue weighted by molar-refractivity contribution is 7.98. The molecule has 1 aromatic carbocycles. The Hall–Kier alpha value is -1.00. The molecule has 3 rings (SSSR count). The lowest BCUT2D eigenvalue weighted by atomic mass is 10.2. The summed E-state index contributed by atoms with van der Waals surface area (Å²) in [6, 6.07) is 7.27. The van der Waals surface area contributed by atoms with Crippen LogP contribution in [0.2, 0.25) is 0 Å². The number of aromatic hydroxyl groups is 1. The number of rotatable bonds is 1. The number of fused-ring (bicyclic) bond motifs is 1. The van der Waals surface area contributed by atoms with Crippen LogP contribution >= 0.6 is 23.1 Å². The number of phenolic OH excluding ortho intramolecular Hbond substituents is 1. The zero-order chi connectivity index (χ0) is 11.0. The van der Waals surface area contributed by atoms with Crippen LogP contribution in [0.25, 0.3) is 10.6 Å². The van der Waals surface area contributed by atoms with E-state index in [0.29, 0.717) is 5.75 Å². The molecule has 0 radical (unpaired) electrons. The standard InChI is InChI=1S/C12H11NOS2/c14-9-3-1-8(2-4-9)12-13-10-5-6-15-7-11(10)16-12/h1-4,14H,5-7H2. The van der Waals surface area contributed by atoms with Crippen LogP contribution in [-0.2, 0) is 12.2 Å². The predicted molar refractivity (Wildman–Crippen MR) is 69.1 cm³/mol. The molecule has 1 aliphatic heterocycles. The Morgan fingerprint density at radius 3 is 2.75 bits per heavy atom. The highest BCUT2D eigenvalue weighted by Crippen LogP contribution is 2.34. The van der Waals surface area contributed by atoms with Gasteiger partial charge in [0.2, 0.25) is 0 Å². The number of benzene rings is 1. The van der Waals surface area contributed by atoms with Gasteiger partial charge in [0.05, 0.1) is 5.69 Å². The van der Waals surface area contributed by atoms with Gasteiger partial charge in [-0.1, -0.05) is 0 Å². The summed E-state index contributed by atoms with van der Waals surface area (Å²) in [5.74, 6) is 2.59. The first-order valence-electron chi connectivity index (χ1n) is 5.18. The van der Waals surface area contributed by atoms with Crippen molar-refractivity contribution < 1.29 is 5.11 Å². The molecule has 2 nitrogen and oxygen atoms in total. The Kier molecular flexibility index (Phi) is 2.61. The van der Waals surface area contributed by atoms with E-state index in [2.05, 4.69) is 4.98 Å². The predicted octanol–water partition coefficient (Wildman–Crippen LogP) is 3.31. The van der Waals surface area contributed by atoms with Crippen LogP contribution < -0.4 is 0 Å². The van der Waals surface area contributed by atoms with Crippen molar-refractivity contribution in [2.45, 2.75) is 12.2 Å². The molecule has 4 heteroatoms. The molecule has 82 valence electrons. The number of phenols is 1. The summed E-state index contributed by atoms with van der Waals surface area (Å²) in [6.45, 7) is 0. The molecular weight excluding hydrogens is 238 g/mol. The Bertz CT molecular complexity index is 481. The van der Waals surface area contributed by atoms with E-state index < -0.39 is 0 Å². The Morgan fingerprint density at radius 2 is 2.00 bits per heavy atom. The van der Waals surface area contributed by atoms with Crippen molar-refractivity contribution in [2.75, 3.05) is 5.75 Å². The van der Waals surface area contributed by atoms with E-state index in [1.165, 1.54) is 16.3 Å². The molecule has 0 atom stereocenters. The molecule has 0 bridgehead atoms. The maximum atomic E-state index is 9.25. The normalized spacial score (nSPS) is 14.8. The zero-order valence-corrected chi connectivity index (χ0v) is 10.3. The van der Waals surface area contributed by atoms with E-state index in [0.717, 1.165) is 22.7 Å². The summed E-state index contributed by atoms with van der Waals surface area (Å²) in [6.07, 6.45) is 1.09. The van der Waals surface area contributed by atoms with Gasteiger partial charge in [-0.3, -0.25) is 0 Å². The summed E-state index contributed by atoms with van der Waals surface area (Å²) >= 11 is 3.76. The van der Waals surface area contributed by atoms with Crippen LogP contribution in [0, 0.1) is 0 Å².